The lowest BCUT2D eigenvalue weighted by molar-refractivity contribution is -0.137. The van der Waals surface area contributed by atoms with Crippen LogP contribution in [0.1, 0.15) is 11.1 Å². The number of alkyl halides is 3. The van der Waals surface area contributed by atoms with Crippen LogP contribution in [0.4, 0.5) is 13.2 Å². The number of hydrogen-bond acceptors (Lipinski definition) is 3. The third-order valence-electron chi connectivity index (χ3n) is 3.99. The van der Waals surface area contributed by atoms with Crippen molar-refractivity contribution in [2.75, 3.05) is 0 Å². The zero-order chi connectivity index (χ0) is 20.9. The predicted molar refractivity (Wildman–Crippen MR) is 112 cm³/mol. The van der Waals surface area contributed by atoms with Crippen molar-refractivity contribution in [1.82, 2.24) is 9.97 Å². The number of halogens is 4. The molecule has 0 fully saturated rings. The molecule has 0 bridgehead atoms. The van der Waals surface area contributed by atoms with Gasteiger partial charge in [-0.2, -0.15) is 13.2 Å². The Morgan fingerprint density at radius 2 is 1.59 bits per heavy atom. The Hall–Kier alpha value is -2.70. The molecule has 29 heavy (non-hydrogen) atoms. The van der Waals surface area contributed by atoms with Crippen LogP contribution >= 0.6 is 22.9 Å². The lowest BCUT2D eigenvalue weighted by atomic mass is 10.1. The zero-order valence-corrected chi connectivity index (χ0v) is 16.9. The highest BCUT2D eigenvalue weighted by atomic mass is 35.5. The van der Waals surface area contributed by atoms with Gasteiger partial charge in [-0.1, -0.05) is 54.1 Å². The highest BCUT2D eigenvalue weighted by molar-refractivity contribution is 7.13. The number of hydrogen-bond donors (Lipinski definition) is 0. The van der Waals surface area contributed by atoms with Gasteiger partial charge in [-0.25, -0.2) is 4.98 Å². The second-order valence-corrected chi connectivity index (χ2v) is 7.37. The molecule has 0 amide bonds. The average Bonchev–Trinajstić information content (AvgIpc) is 3.19. The Balaban J connectivity index is 0.000000343. The summed E-state index contributed by atoms with van der Waals surface area (Å²) in [6.07, 6.45) is -2.12. The van der Waals surface area contributed by atoms with Crippen LogP contribution in [-0.4, -0.2) is 9.97 Å². The fourth-order valence-corrected chi connectivity index (χ4v) is 3.70. The van der Waals surface area contributed by atoms with Gasteiger partial charge in [0.25, 0.3) is 0 Å². The summed E-state index contributed by atoms with van der Waals surface area (Å²) in [5, 5.41) is 2.63. The number of thiazole rings is 1. The Labute approximate surface area is 175 Å². The van der Waals surface area contributed by atoms with E-state index < -0.39 is 11.7 Å². The number of rotatable bonds is 2. The van der Waals surface area contributed by atoms with Gasteiger partial charge in [0.15, 0.2) is 0 Å². The van der Waals surface area contributed by atoms with Crippen molar-refractivity contribution < 1.29 is 13.2 Å². The molecule has 2 aromatic heterocycles. The minimum Gasteiger partial charge on any atom is -0.264 e. The summed E-state index contributed by atoms with van der Waals surface area (Å²) in [7, 11) is 0. The van der Waals surface area contributed by atoms with Crippen LogP contribution < -0.4 is 0 Å². The fraction of sp³-hybridized carbons (Fsp3) is 0.0909. The van der Waals surface area contributed by atoms with E-state index in [-0.39, 0.29) is 10.6 Å². The highest BCUT2D eigenvalue weighted by Gasteiger charge is 2.34. The summed E-state index contributed by atoms with van der Waals surface area (Å²) in [5.41, 5.74) is 1.63. The van der Waals surface area contributed by atoms with Crippen molar-refractivity contribution in [2.45, 2.75) is 13.1 Å². The molecule has 2 heterocycles. The summed E-state index contributed by atoms with van der Waals surface area (Å²) < 4.78 is 39.3. The van der Waals surface area contributed by atoms with Crippen molar-refractivity contribution in [1.29, 1.82) is 0 Å². The number of benzene rings is 2. The van der Waals surface area contributed by atoms with Crippen molar-refractivity contribution in [3.63, 3.8) is 0 Å². The fourth-order valence-electron chi connectivity index (χ4n) is 2.63. The smallest absolute Gasteiger partial charge is 0.264 e. The van der Waals surface area contributed by atoms with Gasteiger partial charge in [-0.05, 0) is 30.7 Å². The monoisotopic (exact) mass is 432 g/mol. The number of pyridine rings is 1. The van der Waals surface area contributed by atoms with Crippen molar-refractivity contribution >= 4 is 22.9 Å². The molecule has 7 heteroatoms. The summed E-state index contributed by atoms with van der Waals surface area (Å²) in [4.78, 5) is 8.15. The molecule has 0 unspecified atom stereocenters. The van der Waals surface area contributed by atoms with E-state index in [2.05, 4.69) is 9.97 Å². The quantitative estimate of drug-likeness (QED) is 0.327. The first-order chi connectivity index (χ1) is 13.9. The summed E-state index contributed by atoms with van der Waals surface area (Å²) in [6, 6.07) is 18.3. The van der Waals surface area contributed by atoms with E-state index in [1.807, 2.05) is 49.4 Å². The van der Waals surface area contributed by atoms with Crippen molar-refractivity contribution in [3.05, 3.63) is 94.6 Å². The van der Waals surface area contributed by atoms with Crippen LogP contribution in [0, 0.1) is 6.92 Å². The summed E-state index contributed by atoms with van der Waals surface area (Å²) >= 11 is 7.08. The normalized spacial score (nSPS) is 10.9. The van der Waals surface area contributed by atoms with Gasteiger partial charge in [0, 0.05) is 33.9 Å². The Morgan fingerprint density at radius 3 is 2.17 bits per heavy atom. The maximum absolute atomic E-state index is 13.1. The molecule has 4 aromatic rings. The van der Waals surface area contributed by atoms with Gasteiger partial charge in [-0.15, -0.1) is 11.3 Å². The van der Waals surface area contributed by atoms with Gasteiger partial charge in [0.1, 0.15) is 5.01 Å². The Kier molecular flexibility index (Phi) is 6.67. The topological polar surface area (TPSA) is 25.8 Å². The third kappa shape index (κ3) is 5.43. The molecular formula is C22H16ClF3N2S. The molecule has 0 spiro atoms. The van der Waals surface area contributed by atoms with E-state index in [4.69, 9.17) is 11.6 Å². The summed E-state index contributed by atoms with van der Waals surface area (Å²) in [5.74, 6) is 0. The first-order valence-electron chi connectivity index (χ1n) is 8.60. The average molecular weight is 433 g/mol. The van der Waals surface area contributed by atoms with Crippen LogP contribution in [0.15, 0.2) is 78.4 Å². The van der Waals surface area contributed by atoms with Crippen LogP contribution in [0.2, 0.25) is 5.02 Å². The highest BCUT2D eigenvalue weighted by Crippen LogP contribution is 2.39. The van der Waals surface area contributed by atoms with Gasteiger partial charge >= 0.3 is 6.18 Å². The lowest BCUT2D eigenvalue weighted by Crippen LogP contribution is -2.07. The van der Waals surface area contributed by atoms with Gasteiger partial charge in [0.2, 0.25) is 0 Å². The Bertz CT molecular complexity index is 1050. The van der Waals surface area contributed by atoms with E-state index in [1.54, 1.807) is 17.5 Å². The molecule has 0 saturated carbocycles. The maximum atomic E-state index is 13.1. The number of aromatic nitrogens is 2. The van der Waals surface area contributed by atoms with Gasteiger partial charge in [-0.3, -0.25) is 4.98 Å². The molecule has 2 aromatic carbocycles. The molecule has 0 aliphatic rings. The van der Waals surface area contributed by atoms with Crippen LogP contribution in [0.25, 0.3) is 21.8 Å². The van der Waals surface area contributed by atoms with Gasteiger partial charge < -0.3 is 0 Å². The first kappa shape index (κ1) is 21.0. The first-order valence-corrected chi connectivity index (χ1v) is 9.85. The molecule has 0 saturated heterocycles. The minimum atomic E-state index is -4.44. The SMILES string of the molecule is Cc1cc(Cl)ccc1-c1csc(-c2cnccc2C(F)(F)F)n1.c1ccccc1. The molecule has 0 aliphatic carbocycles. The minimum absolute atomic E-state index is 0.0112. The molecule has 4 rings (SSSR count). The largest absolute Gasteiger partial charge is 0.417 e. The number of aryl methyl sites for hydroxylation is 1. The molecule has 2 nitrogen and oxygen atoms in total. The number of nitrogens with zero attached hydrogens (tertiary/aromatic N) is 2. The third-order valence-corrected chi connectivity index (χ3v) is 5.10. The lowest BCUT2D eigenvalue weighted by Gasteiger charge is -2.10. The molecule has 0 atom stereocenters. The predicted octanol–water partition coefficient (Wildman–Crippen LogP) is 7.54. The van der Waals surface area contributed by atoms with Crippen LogP contribution in [0.3, 0.4) is 0 Å². The van der Waals surface area contributed by atoms with E-state index in [1.165, 1.54) is 6.20 Å². The van der Waals surface area contributed by atoms with E-state index in [0.717, 1.165) is 34.7 Å². The van der Waals surface area contributed by atoms with Gasteiger partial charge in [0.05, 0.1) is 11.3 Å². The molecule has 0 aliphatic heterocycles. The summed E-state index contributed by atoms with van der Waals surface area (Å²) in [6.45, 7) is 1.88. The zero-order valence-electron chi connectivity index (χ0n) is 15.3. The van der Waals surface area contributed by atoms with Crippen molar-refractivity contribution in [2.24, 2.45) is 0 Å². The van der Waals surface area contributed by atoms with E-state index in [0.29, 0.717) is 10.7 Å². The van der Waals surface area contributed by atoms with Crippen molar-refractivity contribution in [3.8, 4) is 21.8 Å². The molecular weight excluding hydrogens is 417 g/mol. The Morgan fingerprint density at radius 1 is 0.931 bits per heavy atom. The maximum Gasteiger partial charge on any atom is 0.417 e. The second-order valence-electron chi connectivity index (χ2n) is 6.07. The van der Waals surface area contributed by atoms with E-state index in [9.17, 15) is 13.2 Å². The second kappa shape index (κ2) is 9.20. The standard InChI is InChI=1S/C16H10ClF3N2S.C6H6/c1-9-6-10(17)2-3-11(9)14-8-23-15(22-14)12-7-21-5-4-13(12)16(18,19)20;1-2-4-6-5-3-1/h2-8H,1H3;1-6H. The molecule has 0 radical (unpaired) electrons. The van der Waals surface area contributed by atoms with Crippen LogP contribution in [0.5, 0.6) is 0 Å². The molecule has 0 N–H and O–H groups in total. The van der Waals surface area contributed by atoms with E-state index >= 15 is 0 Å². The van der Waals surface area contributed by atoms with Crippen LogP contribution in [-0.2, 0) is 6.18 Å². The molecule has 148 valence electrons.